The first-order valence-electron chi connectivity index (χ1n) is 14.6. The summed E-state index contributed by atoms with van der Waals surface area (Å²) in [4.78, 5) is 72.5. The molecule has 0 fully saturated rings. The van der Waals surface area contributed by atoms with E-state index in [2.05, 4.69) is 0 Å². The summed E-state index contributed by atoms with van der Waals surface area (Å²) < 4.78 is 31.1. The first-order valence-corrected chi connectivity index (χ1v) is 14.6. The van der Waals surface area contributed by atoms with Crippen molar-refractivity contribution in [2.24, 2.45) is 0 Å². The summed E-state index contributed by atoms with van der Waals surface area (Å²) in [5.74, 6) is -3.64. The zero-order valence-corrected chi connectivity index (χ0v) is 27.1. The van der Waals surface area contributed by atoms with Crippen LogP contribution in [0.25, 0.3) is 0 Å². The van der Waals surface area contributed by atoms with E-state index in [1.54, 1.807) is 41.5 Å². The van der Waals surface area contributed by atoms with Gasteiger partial charge in [-0.1, -0.05) is 0 Å². The van der Waals surface area contributed by atoms with E-state index in [4.69, 9.17) is 28.4 Å². The predicted molar refractivity (Wildman–Crippen MR) is 171 cm³/mol. The Balaban J connectivity index is 1.52. The van der Waals surface area contributed by atoms with Crippen LogP contribution in [-0.4, -0.2) is 47.5 Å². The molecule has 0 heterocycles. The van der Waals surface area contributed by atoms with Gasteiger partial charge in [0.05, 0.1) is 17.2 Å². The molecule has 12 nitrogen and oxygen atoms in total. The Morgan fingerprint density at radius 3 is 1.46 bits per heavy atom. The van der Waals surface area contributed by atoms with Crippen molar-refractivity contribution in [2.75, 3.05) is 0 Å². The smallest absolute Gasteiger partial charge is 0.343 e. The number of hydrogen-bond donors (Lipinski definition) is 0. The van der Waals surface area contributed by atoms with Crippen LogP contribution in [0.4, 0.5) is 0 Å². The summed E-state index contributed by atoms with van der Waals surface area (Å²) in [6.07, 6.45) is 3.46. The molecule has 3 rings (SSSR count). The summed E-state index contributed by atoms with van der Waals surface area (Å²) in [6.45, 7) is 10.1. The second-order valence-corrected chi connectivity index (χ2v) is 11.3. The maximum Gasteiger partial charge on any atom is 0.343 e. The van der Waals surface area contributed by atoms with Crippen molar-refractivity contribution in [1.82, 2.24) is 0 Å². The Kier molecular flexibility index (Phi) is 12.5. The minimum absolute atomic E-state index is 0.140. The predicted octanol–water partition coefficient (Wildman–Crippen LogP) is 5.65. The van der Waals surface area contributed by atoms with Crippen molar-refractivity contribution in [1.29, 1.82) is 0 Å². The maximum atomic E-state index is 12.7. The van der Waals surface area contributed by atoms with Crippen LogP contribution < -0.4 is 18.9 Å². The highest BCUT2D eigenvalue weighted by molar-refractivity contribution is 5.94. The zero-order valence-electron chi connectivity index (χ0n) is 27.1. The fraction of sp³-hybridized carbons (Fsp3) is 0.222. The monoisotopic (exact) mass is 658 g/mol. The second kappa shape index (κ2) is 16.5. The second-order valence-electron chi connectivity index (χ2n) is 11.3. The molecule has 3 aromatic rings. The third kappa shape index (κ3) is 12.4. The Hall–Kier alpha value is -6.04. The molecule has 0 saturated carbocycles. The highest BCUT2D eigenvalue weighted by atomic mass is 16.6. The Morgan fingerprint density at radius 1 is 0.562 bits per heavy atom. The molecule has 0 aliphatic heterocycles. The van der Waals surface area contributed by atoms with Crippen LogP contribution in [0.3, 0.4) is 0 Å². The largest absolute Gasteiger partial charge is 0.460 e. The fourth-order valence-corrected chi connectivity index (χ4v) is 3.62. The van der Waals surface area contributed by atoms with E-state index in [0.29, 0.717) is 5.56 Å². The Morgan fingerprint density at radius 2 is 1.00 bits per heavy atom. The summed E-state index contributed by atoms with van der Waals surface area (Å²) in [5, 5.41) is 0. The van der Waals surface area contributed by atoms with E-state index < -0.39 is 41.4 Å². The van der Waals surface area contributed by atoms with Gasteiger partial charge < -0.3 is 28.4 Å². The van der Waals surface area contributed by atoms with E-state index in [1.807, 2.05) is 0 Å². The van der Waals surface area contributed by atoms with Gasteiger partial charge in [0.2, 0.25) is 0 Å². The number of carbonyl (C=O) groups is 6. The summed E-state index contributed by atoms with van der Waals surface area (Å²) >= 11 is 0. The van der Waals surface area contributed by atoms with E-state index in [9.17, 15) is 28.8 Å². The van der Waals surface area contributed by atoms with Gasteiger partial charge in [-0.3, -0.25) is 0 Å². The quantitative estimate of drug-likeness (QED) is 0.142. The third-order valence-corrected chi connectivity index (χ3v) is 5.65. The molecule has 0 spiro atoms. The molecule has 0 aliphatic carbocycles. The molecular formula is C36H34O12. The van der Waals surface area contributed by atoms with Crippen molar-refractivity contribution >= 4 is 35.8 Å². The minimum Gasteiger partial charge on any atom is -0.460 e. The molecule has 0 aliphatic rings. The number of carbonyl (C=O) groups excluding carboxylic acids is 6. The van der Waals surface area contributed by atoms with Crippen LogP contribution in [0.15, 0.2) is 91.0 Å². The number of esters is 6. The SMILES string of the molecule is Cc1cc(OC(=O)c2ccc(OC(=O)/C=C/C(=O)OC(C)(C)C)cc2)ccc1OC(=O)c1ccc(OC(=O)/C=C/C(=O)OC(C)C)cc1. The van der Waals surface area contributed by atoms with Gasteiger partial charge in [-0.25, -0.2) is 28.8 Å². The molecule has 0 bridgehead atoms. The van der Waals surface area contributed by atoms with Gasteiger partial charge in [-0.2, -0.15) is 0 Å². The first kappa shape index (κ1) is 36.4. The highest BCUT2D eigenvalue weighted by Crippen LogP contribution is 2.26. The molecule has 250 valence electrons. The highest BCUT2D eigenvalue weighted by Gasteiger charge is 2.16. The Bertz CT molecular complexity index is 1720. The van der Waals surface area contributed by atoms with Gasteiger partial charge in [0.25, 0.3) is 0 Å². The van der Waals surface area contributed by atoms with Crippen LogP contribution in [-0.2, 0) is 28.7 Å². The molecule has 0 radical (unpaired) electrons. The van der Waals surface area contributed by atoms with Crippen molar-refractivity contribution < 1.29 is 57.2 Å². The van der Waals surface area contributed by atoms with E-state index in [0.717, 1.165) is 24.3 Å². The molecule has 3 aromatic carbocycles. The van der Waals surface area contributed by atoms with Gasteiger partial charge in [0.15, 0.2) is 0 Å². The molecule has 0 unspecified atom stereocenters. The summed E-state index contributed by atoms with van der Waals surface area (Å²) in [5.41, 5.74) is 0.149. The maximum absolute atomic E-state index is 12.7. The molecule has 48 heavy (non-hydrogen) atoms. The van der Waals surface area contributed by atoms with E-state index in [1.165, 1.54) is 66.7 Å². The van der Waals surface area contributed by atoms with E-state index >= 15 is 0 Å². The third-order valence-electron chi connectivity index (χ3n) is 5.65. The molecule has 0 amide bonds. The van der Waals surface area contributed by atoms with Crippen LogP contribution in [0.5, 0.6) is 23.0 Å². The lowest BCUT2D eigenvalue weighted by Crippen LogP contribution is -2.22. The summed E-state index contributed by atoms with van der Waals surface area (Å²) in [6, 6.07) is 15.6. The lowest BCUT2D eigenvalue weighted by atomic mass is 10.2. The van der Waals surface area contributed by atoms with Crippen molar-refractivity contribution in [3.8, 4) is 23.0 Å². The van der Waals surface area contributed by atoms with Gasteiger partial charge in [-0.05, 0) is 114 Å². The van der Waals surface area contributed by atoms with Crippen LogP contribution in [0.1, 0.15) is 60.9 Å². The molecule has 0 saturated heterocycles. The topological polar surface area (TPSA) is 158 Å². The zero-order chi connectivity index (χ0) is 35.4. The standard InChI is InChI=1S/C36H34O12/c1-22(2)43-30(37)17-18-31(38)44-27-13-9-25(10-14-27)35(42)47-29-16-15-28(21-23(29)3)46-34(41)24-7-11-26(12-8-24)45-32(39)19-20-33(40)48-36(4,5)6/h7-22H,1-6H3/b18-17+,20-19+. The average Bonchev–Trinajstić information content (AvgIpc) is 3.00. The number of benzene rings is 3. The fourth-order valence-electron chi connectivity index (χ4n) is 3.62. The molecule has 0 atom stereocenters. The summed E-state index contributed by atoms with van der Waals surface area (Å²) in [7, 11) is 0. The van der Waals surface area contributed by atoms with Crippen molar-refractivity contribution in [2.45, 2.75) is 53.2 Å². The number of rotatable bonds is 11. The van der Waals surface area contributed by atoms with Crippen molar-refractivity contribution in [3.05, 3.63) is 108 Å². The van der Waals surface area contributed by atoms with E-state index in [-0.39, 0.29) is 40.2 Å². The average molecular weight is 659 g/mol. The van der Waals surface area contributed by atoms with Gasteiger partial charge in [0, 0.05) is 24.3 Å². The molecule has 0 aromatic heterocycles. The van der Waals surface area contributed by atoms with Crippen LogP contribution in [0, 0.1) is 6.92 Å². The molecular weight excluding hydrogens is 624 g/mol. The van der Waals surface area contributed by atoms with Crippen LogP contribution >= 0.6 is 0 Å². The van der Waals surface area contributed by atoms with Gasteiger partial charge in [-0.15, -0.1) is 0 Å². The molecule has 0 N–H and O–H groups in total. The lowest BCUT2D eigenvalue weighted by Gasteiger charge is -2.17. The lowest BCUT2D eigenvalue weighted by molar-refractivity contribution is -0.149. The number of hydrogen-bond acceptors (Lipinski definition) is 12. The first-order chi connectivity index (χ1) is 22.6. The molecule has 12 heteroatoms. The minimum atomic E-state index is -0.804. The number of aryl methyl sites for hydroxylation is 1. The van der Waals surface area contributed by atoms with Crippen molar-refractivity contribution in [3.63, 3.8) is 0 Å². The normalized spacial score (nSPS) is 11.2. The Labute approximate surface area is 276 Å². The number of ether oxygens (including phenoxy) is 6. The van der Waals surface area contributed by atoms with Gasteiger partial charge in [0.1, 0.15) is 28.6 Å². The van der Waals surface area contributed by atoms with Gasteiger partial charge >= 0.3 is 35.8 Å². The van der Waals surface area contributed by atoms with Crippen LogP contribution in [0.2, 0.25) is 0 Å².